The molecule has 0 bridgehead atoms. The Bertz CT molecular complexity index is 629. The van der Waals surface area contributed by atoms with E-state index in [1.165, 1.54) is 11.8 Å². The first-order valence-electron chi connectivity index (χ1n) is 6.69. The fourth-order valence-electron chi connectivity index (χ4n) is 2.14. The van der Waals surface area contributed by atoms with Gasteiger partial charge in [-0.1, -0.05) is 5.21 Å². The summed E-state index contributed by atoms with van der Waals surface area (Å²) in [5.41, 5.74) is 1.63. The van der Waals surface area contributed by atoms with Crippen molar-refractivity contribution < 1.29 is 24.8 Å². The molecule has 0 aliphatic heterocycles. The molecule has 0 aliphatic rings. The van der Waals surface area contributed by atoms with Crippen LogP contribution in [0.3, 0.4) is 0 Å². The van der Waals surface area contributed by atoms with Gasteiger partial charge in [0.2, 0.25) is 0 Å². The van der Waals surface area contributed by atoms with Gasteiger partial charge in [0.25, 0.3) is 0 Å². The highest BCUT2D eigenvalue weighted by Gasteiger charge is 2.18. The maximum Gasteiger partial charge on any atom is 0.161 e. The number of rotatable bonds is 7. The van der Waals surface area contributed by atoms with E-state index >= 15 is 0 Å². The van der Waals surface area contributed by atoms with E-state index in [1.807, 2.05) is 0 Å². The summed E-state index contributed by atoms with van der Waals surface area (Å²) in [6.45, 7) is -0.619. The predicted octanol–water partition coefficient (Wildman–Crippen LogP) is -0.192. The molecule has 1 aromatic carbocycles. The molecule has 8 nitrogen and oxygen atoms in total. The lowest BCUT2D eigenvalue weighted by molar-refractivity contribution is 0.0782. The fraction of sp³-hybridized carbons (Fsp3) is 0.429. The van der Waals surface area contributed by atoms with Crippen LogP contribution in [0.4, 0.5) is 0 Å². The molecule has 1 heterocycles. The molecule has 1 aromatic heterocycles. The molecule has 1 atom stereocenters. The Morgan fingerprint density at radius 1 is 1.18 bits per heavy atom. The molecule has 1 unspecified atom stereocenters. The monoisotopic (exact) mass is 309 g/mol. The number of benzene rings is 1. The van der Waals surface area contributed by atoms with Crippen LogP contribution in [0.15, 0.2) is 18.2 Å². The maximum atomic E-state index is 9.60. The number of aliphatic hydroxyl groups is 3. The second kappa shape index (κ2) is 7.21. The smallest absolute Gasteiger partial charge is 0.161 e. The number of hydrogen-bond donors (Lipinski definition) is 3. The molecular weight excluding hydrogens is 290 g/mol. The third kappa shape index (κ3) is 3.19. The summed E-state index contributed by atoms with van der Waals surface area (Å²) in [6, 6.07) is 5.24. The number of nitrogens with zero attached hydrogens (tertiary/aromatic N) is 3. The molecule has 0 fully saturated rings. The van der Waals surface area contributed by atoms with E-state index < -0.39 is 6.10 Å². The predicted molar refractivity (Wildman–Crippen MR) is 77.6 cm³/mol. The fourth-order valence-corrected chi connectivity index (χ4v) is 2.14. The molecule has 0 amide bonds. The Balaban J connectivity index is 2.48. The summed E-state index contributed by atoms with van der Waals surface area (Å²) >= 11 is 0. The van der Waals surface area contributed by atoms with Gasteiger partial charge in [0, 0.05) is 5.56 Å². The van der Waals surface area contributed by atoms with E-state index in [2.05, 4.69) is 10.3 Å². The maximum absolute atomic E-state index is 9.60. The minimum absolute atomic E-state index is 0.0627. The van der Waals surface area contributed by atoms with Crippen molar-refractivity contribution in [1.29, 1.82) is 0 Å². The van der Waals surface area contributed by atoms with Crippen LogP contribution in [0.5, 0.6) is 11.5 Å². The lowest BCUT2D eigenvalue weighted by atomic mass is 10.1. The lowest BCUT2D eigenvalue weighted by Crippen LogP contribution is -2.21. The van der Waals surface area contributed by atoms with Crippen LogP contribution in [0.1, 0.15) is 5.69 Å². The van der Waals surface area contributed by atoms with Crippen LogP contribution < -0.4 is 9.47 Å². The first-order valence-corrected chi connectivity index (χ1v) is 6.69. The zero-order valence-corrected chi connectivity index (χ0v) is 12.4. The number of aliphatic hydroxyl groups excluding tert-OH is 3. The summed E-state index contributed by atoms with van der Waals surface area (Å²) < 4.78 is 11.9. The molecule has 120 valence electrons. The van der Waals surface area contributed by atoms with Crippen LogP contribution in [-0.2, 0) is 13.2 Å². The van der Waals surface area contributed by atoms with E-state index in [-0.39, 0.29) is 19.8 Å². The van der Waals surface area contributed by atoms with Gasteiger partial charge in [0.05, 0.1) is 45.8 Å². The van der Waals surface area contributed by atoms with Crippen LogP contribution in [0.2, 0.25) is 0 Å². The normalized spacial score (nSPS) is 12.2. The minimum Gasteiger partial charge on any atom is -0.493 e. The Morgan fingerprint density at radius 2 is 1.91 bits per heavy atom. The topological polar surface area (TPSA) is 110 Å². The van der Waals surface area contributed by atoms with Crippen molar-refractivity contribution in [2.45, 2.75) is 19.3 Å². The van der Waals surface area contributed by atoms with Crippen LogP contribution in [-0.4, -0.2) is 57.2 Å². The number of aromatic nitrogens is 3. The van der Waals surface area contributed by atoms with E-state index in [4.69, 9.17) is 14.6 Å². The van der Waals surface area contributed by atoms with Crippen molar-refractivity contribution in [3.05, 3.63) is 23.9 Å². The van der Waals surface area contributed by atoms with Gasteiger partial charge >= 0.3 is 0 Å². The van der Waals surface area contributed by atoms with Crippen LogP contribution in [0, 0.1) is 0 Å². The van der Waals surface area contributed by atoms with E-state index in [0.29, 0.717) is 28.5 Å². The zero-order valence-electron chi connectivity index (χ0n) is 12.4. The Morgan fingerprint density at radius 3 is 2.50 bits per heavy atom. The third-order valence-corrected chi connectivity index (χ3v) is 3.21. The Labute approximate surface area is 127 Å². The molecule has 0 radical (unpaired) electrons. The van der Waals surface area contributed by atoms with Crippen LogP contribution in [0.25, 0.3) is 11.3 Å². The first-order chi connectivity index (χ1) is 10.6. The van der Waals surface area contributed by atoms with E-state index in [1.54, 1.807) is 25.3 Å². The third-order valence-electron chi connectivity index (χ3n) is 3.21. The molecule has 8 heteroatoms. The second-order valence-corrected chi connectivity index (χ2v) is 4.63. The van der Waals surface area contributed by atoms with Gasteiger partial charge in [0.1, 0.15) is 5.69 Å². The van der Waals surface area contributed by atoms with Gasteiger partial charge < -0.3 is 24.8 Å². The molecular formula is C14H19N3O5. The van der Waals surface area contributed by atoms with Crippen molar-refractivity contribution in [3.8, 4) is 22.8 Å². The quantitative estimate of drug-likeness (QED) is 0.650. The van der Waals surface area contributed by atoms with E-state index in [9.17, 15) is 10.2 Å². The van der Waals surface area contributed by atoms with Gasteiger partial charge in [-0.15, -0.1) is 5.10 Å². The summed E-state index contributed by atoms with van der Waals surface area (Å²) in [5.74, 6) is 1.10. The molecule has 22 heavy (non-hydrogen) atoms. The highest BCUT2D eigenvalue weighted by Crippen LogP contribution is 2.33. The average Bonchev–Trinajstić information content (AvgIpc) is 2.96. The summed E-state index contributed by atoms with van der Waals surface area (Å²) in [4.78, 5) is 0. The summed E-state index contributed by atoms with van der Waals surface area (Å²) in [6.07, 6.45) is -0.966. The van der Waals surface area contributed by atoms with Crippen molar-refractivity contribution >= 4 is 0 Å². The summed E-state index contributed by atoms with van der Waals surface area (Å²) in [5, 5.41) is 35.8. The van der Waals surface area contributed by atoms with Gasteiger partial charge in [-0.25, -0.2) is 4.68 Å². The largest absolute Gasteiger partial charge is 0.493 e. The van der Waals surface area contributed by atoms with Gasteiger partial charge in [-0.05, 0) is 18.2 Å². The molecule has 2 rings (SSSR count). The Hall–Kier alpha value is -2.16. The molecule has 2 aromatic rings. The first kappa shape index (κ1) is 16.2. The summed E-state index contributed by atoms with van der Waals surface area (Å²) in [7, 11) is 3.07. The zero-order chi connectivity index (χ0) is 16.1. The van der Waals surface area contributed by atoms with Crippen LogP contribution >= 0.6 is 0 Å². The van der Waals surface area contributed by atoms with Crippen molar-refractivity contribution in [2.24, 2.45) is 0 Å². The van der Waals surface area contributed by atoms with Crippen molar-refractivity contribution in [1.82, 2.24) is 15.0 Å². The average molecular weight is 309 g/mol. The SMILES string of the molecule is COc1ccc(-c2c(CO)nnn2CC(O)CO)cc1OC. The molecule has 0 saturated carbocycles. The Kier molecular flexibility index (Phi) is 5.31. The molecule has 0 saturated heterocycles. The lowest BCUT2D eigenvalue weighted by Gasteiger charge is -2.13. The molecule has 0 aliphatic carbocycles. The minimum atomic E-state index is -0.966. The van der Waals surface area contributed by atoms with E-state index in [0.717, 1.165) is 0 Å². The van der Waals surface area contributed by atoms with Crippen molar-refractivity contribution in [3.63, 3.8) is 0 Å². The molecule has 0 spiro atoms. The highest BCUT2D eigenvalue weighted by atomic mass is 16.5. The number of methoxy groups -OCH3 is 2. The van der Waals surface area contributed by atoms with Gasteiger partial charge in [-0.2, -0.15) is 0 Å². The number of ether oxygens (including phenoxy) is 2. The highest BCUT2D eigenvalue weighted by molar-refractivity contribution is 5.66. The standard InChI is InChI=1S/C14H19N3O5/c1-21-12-4-3-9(5-13(12)22-2)14-11(8-19)15-16-17(14)6-10(20)7-18/h3-5,10,18-20H,6-8H2,1-2H3. The molecule has 3 N–H and O–H groups in total. The van der Waals surface area contributed by atoms with Gasteiger partial charge in [0.15, 0.2) is 11.5 Å². The number of hydrogen-bond acceptors (Lipinski definition) is 7. The second-order valence-electron chi connectivity index (χ2n) is 4.63. The van der Waals surface area contributed by atoms with Gasteiger partial charge in [-0.3, -0.25) is 0 Å². The van der Waals surface area contributed by atoms with Crippen molar-refractivity contribution in [2.75, 3.05) is 20.8 Å².